The summed E-state index contributed by atoms with van der Waals surface area (Å²) in [6, 6.07) is 0.0350. The molecule has 0 aromatic carbocycles. The van der Waals surface area contributed by atoms with Crippen molar-refractivity contribution >= 4 is 5.78 Å². The van der Waals surface area contributed by atoms with Crippen LogP contribution in [0.15, 0.2) is 0 Å². The van der Waals surface area contributed by atoms with Crippen molar-refractivity contribution in [3.63, 3.8) is 0 Å². The van der Waals surface area contributed by atoms with Gasteiger partial charge in [-0.25, -0.2) is 0 Å². The number of carbonyl (C=O) groups is 1. The van der Waals surface area contributed by atoms with Crippen molar-refractivity contribution in [2.45, 2.75) is 38.8 Å². The molecule has 2 fully saturated rings. The first kappa shape index (κ1) is 10.1. The van der Waals surface area contributed by atoms with Crippen LogP contribution in [-0.4, -0.2) is 41.0 Å². The normalized spacial score (nSPS) is 39.8. The topological polar surface area (TPSA) is 40.5 Å². The van der Waals surface area contributed by atoms with E-state index < -0.39 is 0 Å². The second-order valence-corrected chi connectivity index (χ2v) is 4.81. The number of hydrogen-bond donors (Lipinski definition) is 1. The van der Waals surface area contributed by atoms with Gasteiger partial charge in [-0.15, -0.1) is 0 Å². The van der Waals surface area contributed by atoms with Gasteiger partial charge in [0.1, 0.15) is 5.78 Å². The maximum atomic E-state index is 11.2. The van der Waals surface area contributed by atoms with Gasteiger partial charge in [0.2, 0.25) is 0 Å². The van der Waals surface area contributed by atoms with Crippen molar-refractivity contribution in [3.05, 3.63) is 0 Å². The van der Waals surface area contributed by atoms with Gasteiger partial charge in [-0.2, -0.15) is 0 Å². The lowest BCUT2D eigenvalue weighted by atomic mass is 10.00. The van der Waals surface area contributed by atoms with E-state index >= 15 is 0 Å². The summed E-state index contributed by atoms with van der Waals surface area (Å²) in [5, 5.41) is 9.73. The largest absolute Gasteiger partial charge is 0.393 e. The zero-order valence-electron chi connectivity index (χ0n) is 8.94. The van der Waals surface area contributed by atoms with Gasteiger partial charge in [-0.3, -0.25) is 9.69 Å². The Kier molecular flexibility index (Phi) is 2.62. The van der Waals surface area contributed by atoms with Crippen molar-refractivity contribution < 1.29 is 9.90 Å². The van der Waals surface area contributed by atoms with Crippen LogP contribution in [0.5, 0.6) is 0 Å². The first-order valence-corrected chi connectivity index (χ1v) is 5.52. The Labute approximate surface area is 85.1 Å². The smallest absolute Gasteiger partial charge is 0.146 e. The van der Waals surface area contributed by atoms with Gasteiger partial charge in [0.25, 0.3) is 0 Å². The lowest BCUT2D eigenvalue weighted by Crippen LogP contribution is -2.37. The molecule has 3 heteroatoms. The summed E-state index contributed by atoms with van der Waals surface area (Å²) in [4.78, 5) is 13.5. The fraction of sp³-hybridized carbons (Fsp3) is 0.909. The van der Waals surface area contributed by atoms with Crippen LogP contribution in [0.25, 0.3) is 0 Å². The Bertz CT molecular complexity index is 241. The zero-order chi connectivity index (χ0) is 10.3. The molecule has 1 aliphatic carbocycles. The fourth-order valence-corrected chi connectivity index (χ4v) is 2.84. The van der Waals surface area contributed by atoms with Gasteiger partial charge in [-0.1, -0.05) is 0 Å². The molecule has 0 spiro atoms. The Morgan fingerprint density at radius 3 is 2.71 bits per heavy atom. The minimum atomic E-state index is -0.121. The molecular weight excluding hydrogens is 178 g/mol. The maximum Gasteiger partial charge on any atom is 0.146 e. The average molecular weight is 197 g/mol. The van der Waals surface area contributed by atoms with Crippen LogP contribution < -0.4 is 0 Å². The molecule has 14 heavy (non-hydrogen) atoms. The SMILES string of the molecule is CC(=O)C(C)N1CC2CCC(O)C2C1. The molecule has 80 valence electrons. The highest BCUT2D eigenvalue weighted by molar-refractivity contribution is 5.80. The minimum Gasteiger partial charge on any atom is -0.393 e. The van der Waals surface area contributed by atoms with Crippen LogP contribution in [0, 0.1) is 11.8 Å². The lowest BCUT2D eigenvalue weighted by Gasteiger charge is -2.23. The second kappa shape index (κ2) is 3.63. The number of aliphatic hydroxyl groups excluding tert-OH is 1. The standard InChI is InChI=1S/C11H19NO2/c1-7(8(2)13)12-5-9-3-4-11(14)10(9)6-12/h7,9-11,14H,3-6H2,1-2H3. The summed E-state index contributed by atoms with van der Waals surface area (Å²) >= 11 is 0. The fourth-order valence-electron chi connectivity index (χ4n) is 2.84. The highest BCUT2D eigenvalue weighted by Crippen LogP contribution is 2.38. The van der Waals surface area contributed by atoms with E-state index in [-0.39, 0.29) is 17.9 Å². The third kappa shape index (κ3) is 1.59. The molecule has 1 heterocycles. The molecule has 0 aromatic rings. The molecule has 4 atom stereocenters. The Morgan fingerprint density at radius 2 is 2.14 bits per heavy atom. The highest BCUT2D eigenvalue weighted by atomic mass is 16.3. The molecule has 1 N–H and O–H groups in total. The molecule has 1 aliphatic heterocycles. The van der Waals surface area contributed by atoms with Crippen molar-refractivity contribution in [1.82, 2.24) is 4.90 Å². The molecule has 2 rings (SSSR count). The molecule has 3 nitrogen and oxygen atoms in total. The van der Waals surface area contributed by atoms with Gasteiger partial charge in [0.05, 0.1) is 12.1 Å². The van der Waals surface area contributed by atoms with E-state index in [1.54, 1.807) is 6.92 Å². The summed E-state index contributed by atoms with van der Waals surface area (Å²) in [5.74, 6) is 1.29. The van der Waals surface area contributed by atoms with Gasteiger partial charge in [-0.05, 0) is 32.6 Å². The summed E-state index contributed by atoms with van der Waals surface area (Å²) < 4.78 is 0. The Balaban J connectivity index is 1.98. The van der Waals surface area contributed by atoms with E-state index in [4.69, 9.17) is 0 Å². The summed E-state index contributed by atoms with van der Waals surface area (Å²) in [6.45, 7) is 5.53. The van der Waals surface area contributed by atoms with Crippen LogP contribution in [0.4, 0.5) is 0 Å². The third-order valence-electron chi connectivity index (χ3n) is 3.98. The Morgan fingerprint density at radius 1 is 1.43 bits per heavy atom. The van der Waals surface area contributed by atoms with Gasteiger partial charge >= 0.3 is 0 Å². The summed E-state index contributed by atoms with van der Waals surface area (Å²) in [5.41, 5.74) is 0. The maximum absolute atomic E-state index is 11.2. The number of ketones is 1. The van der Waals surface area contributed by atoms with Crippen LogP contribution in [0.2, 0.25) is 0 Å². The second-order valence-electron chi connectivity index (χ2n) is 4.81. The quantitative estimate of drug-likeness (QED) is 0.707. The highest BCUT2D eigenvalue weighted by Gasteiger charge is 2.43. The summed E-state index contributed by atoms with van der Waals surface area (Å²) in [7, 11) is 0. The van der Waals surface area contributed by atoms with Crippen molar-refractivity contribution in [1.29, 1.82) is 0 Å². The molecule has 1 saturated carbocycles. The van der Waals surface area contributed by atoms with Crippen LogP contribution >= 0.6 is 0 Å². The van der Waals surface area contributed by atoms with E-state index in [0.717, 1.165) is 25.9 Å². The van der Waals surface area contributed by atoms with E-state index in [1.165, 1.54) is 0 Å². The van der Waals surface area contributed by atoms with Crippen LogP contribution in [0.1, 0.15) is 26.7 Å². The van der Waals surface area contributed by atoms with Crippen molar-refractivity contribution in [2.75, 3.05) is 13.1 Å². The van der Waals surface area contributed by atoms with Gasteiger partial charge in [0, 0.05) is 19.0 Å². The first-order valence-electron chi connectivity index (χ1n) is 5.52. The minimum absolute atomic E-state index is 0.0350. The van der Waals surface area contributed by atoms with E-state index in [0.29, 0.717) is 11.8 Å². The molecule has 0 bridgehead atoms. The molecule has 2 aliphatic rings. The van der Waals surface area contributed by atoms with Crippen LogP contribution in [0.3, 0.4) is 0 Å². The Hall–Kier alpha value is -0.410. The zero-order valence-corrected chi connectivity index (χ0v) is 8.94. The summed E-state index contributed by atoms with van der Waals surface area (Å²) in [6.07, 6.45) is 1.97. The molecule has 4 unspecified atom stereocenters. The van der Waals surface area contributed by atoms with E-state index in [1.807, 2.05) is 6.92 Å². The molecular formula is C11H19NO2. The van der Waals surface area contributed by atoms with Gasteiger partial charge < -0.3 is 5.11 Å². The van der Waals surface area contributed by atoms with Crippen LogP contribution in [-0.2, 0) is 4.79 Å². The number of likely N-dealkylation sites (tertiary alicyclic amines) is 1. The van der Waals surface area contributed by atoms with Crippen molar-refractivity contribution in [3.8, 4) is 0 Å². The number of Topliss-reactive ketones (excluding diaryl/α,β-unsaturated/α-hetero) is 1. The molecule has 0 amide bonds. The third-order valence-corrected chi connectivity index (χ3v) is 3.98. The number of aliphatic hydroxyl groups is 1. The predicted molar refractivity (Wildman–Crippen MR) is 53.9 cm³/mol. The number of hydrogen-bond acceptors (Lipinski definition) is 3. The molecule has 0 radical (unpaired) electrons. The lowest BCUT2D eigenvalue weighted by molar-refractivity contribution is -0.121. The number of rotatable bonds is 2. The number of fused-ring (bicyclic) bond motifs is 1. The average Bonchev–Trinajstić information content (AvgIpc) is 2.67. The molecule has 1 saturated heterocycles. The molecule has 0 aromatic heterocycles. The predicted octanol–water partition coefficient (Wildman–Crippen LogP) is 0.667. The first-order chi connectivity index (χ1) is 6.59. The van der Waals surface area contributed by atoms with Gasteiger partial charge in [0.15, 0.2) is 0 Å². The number of nitrogens with zero attached hydrogens (tertiary/aromatic N) is 1. The number of carbonyl (C=O) groups excluding carboxylic acids is 1. The van der Waals surface area contributed by atoms with E-state index in [9.17, 15) is 9.90 Å². The monoisotopic (exact) mass is 197 g/mol. The van der Waals surface area contributed by atoms with E-state index in [2.05, 4.69) is 4.90 Å². The van der Waals surface area contributed by atoms with Crippen molar-refractivity contribution in [2.24, 2.45) is 11.8 Å².